The molecule has 8 nitrogen and oxygen atoms in total. The van der Waals surface area contributed by atoms with E-state index in [1.54, 1.807) is 11.0 Å². The smallest absolute Gasteiger partial charge is 0.410 e. The molecule has 2 aliphatic rings. The van der Waals surface area contributed by atoms with Crippen LogP contribution in [0.15, 0.2) is 17.2 Å². The van der Waals surface area contributed by atoms with Crippen LogP contribution in [0.1, 0.15) is 48.2 Å². The highest BCUT2D eigenvalue weighted by Gasteiger charge is 2.48. The first-order valence-electron chi connectivity index (χ1n) is 9.08. The number of hydrogen-bond acceptors (Lipinski definition) is 5. The molecule has 2 amide bonds. The van der Waals surface area contributed by atoms with Gasteiger partial charge in [-0.3, -0.25) is 4.79 Å². The molecule has 0 bridgehead atoms. The Balaban J connectivity index is 1.49. The van der Waals surface area contributed by atoms with Gasteiger partial charge in [0, 0.05) is 41.4 Å². The van der Waals surface area contributed by atoms with Crippen molar-refractivity contribution in [1.29, 1.82) is 0 Å². The maximum absolute atomic E-state index is 12.7. The third-order valence-electron chi connectivity index (χ3n) is 4.98. The molecule has 0 saturated carbocycles. The highest BCUT2D eigenvalue weighted by molar-refractivity contribution is 7.14. The lowest BCUT2D eigenvalue weighted by Gasteiger charge is -2.53. The van der Waals surface area contributed by atoms with Gasteiger partial charge in [-0.1, -0.05) is 5.11 Å². The number of carbonyl (C=O) groups excluding carboxylic acids is 2. The molecule has 0 aromatic carbocycles. The molecule has 0 unspecified atom stereocenters. The van der Waals surface area contributed by atoms with Crippen LogP contribution < -0.4 is 0 Å². The molecule has 2 fully saturated rings. The first-order valence-corrected chi connectivity index (χ1v) is 9.90. The van der Waals surface area contributed by atoms with Crippen molar-refractivity contribution in [3.63, 3.8) is 0 Å². The summed E-state index contributed by atoms with van der Waals surface area (Å²) in [7, 11) is 0. The van der Waals surface area contributed by atoms with Crippen molar-refractivity contribution in [2.24, 2.45) is 10.5 Å². The summed E-state index contributed by atoms with van der Waals surface area (Å²) in [5.74, 6) is 0.0327. The van der Waals surface area contributed by atoms with E-state index in [1.165, 1.54) is 11.3 Å². The zero-order chi connectivity index (χ0) is 19.7. The zero-order valence-electron chi connectivity index (χ0n) is 16.0. The lowest BCUT2D eigenvalue weighted by Crippen LogP contribution is -2.62. The molecule has 1 spiro atoms. The zero-order valence-corrected chi connectivity index (χ0v) is 16.8. The Morgan fingerprint density at radius 1 is 1.26 bits per heavy atom. The molecular formula is C18H25N5O3S. The van der Waals surface area contributed by atoms with E-state index in [-0.39, 0.29) is 24.0 Å². The summed E-state index contributed by atoms with van der Waals surface area (Å²) in [6, 6.07) is 3.63. The lowest BCUT2D eigenvalue weighted by atomic mass is 9.72. The predicted molar refractivity (Wildman–Crippen MR) is 103 cm³/mol. The van der Waals surface area contributed by atoms with Crippen molar-refractivity contribution >= 4 is 23.3 Å². The molecular weight excluding hydrogens is 366 g/mol. The van der Waals surface area contributed by atoms with Crippen molar-refractivity contribution in [1.82, 2.24) is 9.80 Å². The molecule has 1 aromatic heterocycles. The minimum atomic E-state index is -0.478. The molecule has 3 heterocycles. The van der Waals surface area contributed by atoms with E-state index in [4.69, 9.17) is 10.3 Å². The summed E-state index contributed by atoms with van der Waals surface area (Å²) >= 11 is 1.38. The van der Waals surface area contributed by atoms with Crippen molar-refractivity contribution in [3.8, 4) is 0 Å². The van der Waals surface area contributed by atoms with Crippen LogP contribution in [-0.2, 0) is 11.3 Å². The molecule has 27 heavy (non-hydrogen) atoms. The van der Waals surface area contributed by atoms with Gasteiger partial charge in [0.15, 0.2) is 0 Å². The number of nitrogens with zero attached hydrogens (tertiary/aromatic N) is 5. The van der Waals surface area contributed by atoms with Crippen LogP contribution in [0.5, 0.6) is 0 Å². The van der Waals surface area contributed by atoms with Gasteiger partial charge in [-0.25, -0.2) is 4.79 Å². The van der Waals surface area contributed by atoms with E-state index in [0.717, 1.165) is 17.7 Å². The van der Waals surface area contributed by atoms with E-state index in [0.29, 0.717) is 31.1 Å². The summed E-state index contributed by atoms with van der Waals surface area (Å²) in [5, 5.41) is 3.53. The summed E-state index contributed by atoms with van der Waals surface area (Å²) in [6.07, 6.45) is 1.54. The van der Waals surface area contributed by atoms with Crippen molar-refractivity contribution in [2.45, 2.75) is 45.8 Å². The molecule has 0 radical (unpaired) electrons. The van der Waals surface area contributed by atoms with Gasteiger partial charge >= 0.3 is 6.09 Å². The highest BCUT2D eigenvalue weighted by Crippen LogP contribution is 2.41. The van der Waals surface area contributed by atoms with Crippen LogP contribution in [-0.4, -0.2) is 53.6 Å². The van der Waals surface area contributed by atoms with E-state index >= 15 is 0 Å². The topological polar surface area (TPSA) is 98.6 Å². The molecule has 146 valence electrons. The van der Waals surface area contributed by atoms with Crippen LogP contribution in [0.3, 0.4) is 0 Å². The van der Waals surface area contributed by atoms with Gasteiger partial charge in [-0.15, -0.1) is 11.3 Å². The van der Waals surface area contributed by atoms with Crippen LogP contribution >= 0.6 is 11.3 Å². The third-order valence-corrected chi connectivity index (χ3v) is 6.04. The van der Waals surface area contributed by atoms with Gasteiger partial charge in [0.1, 0.15) is 5.60 Å². The number of thiophene rings is 1. The minimum absolute atomic E-state index is 0.0327. The molecule has 2 aliphatic heterocycles. The summed E-state index contributed by atoms with van der Waals surface area (Å²) in [5.41, 5.74) is 8.03. The fourth-order valence-corrected chi connectivity index (χ4v) is 4.45. The standard InChI is InChI=1S/C18H25N5O3S/c1-17(2,3)26-16(25)23-11-18(12-23)6-8-22(9-7-18)15(24)14-5-4-13(27-14)10-20-21-19/h4-5H,6-12H2,1-3H3. The van der Waals surface area contributed by atoms with Gasteiger partial charge in [0.2, 0.25) is 0 Å². The van der Waals surface area contributed by atoms with Crippen LogP contribution in [0.4, 0.5) is 4.79 Å². The molecule has 0 atom stereocenters. The second kappa shape index (κ2) is 7.40. The minimum Gasteiger partial charge on any atom is -0.444 e. The Hall–Kier alpha value is -2.25. The number of carbonyl (C=O) groups is 2. The maximum Gasteiger partial charge on any atom is 0.410 e. The third kappa shape index (κ3) is 4.54. The Morgan fingerprint density at radius 2 is 1.93 bits per heavy atom. The van der Waals surface area contributed by atoms with E-state index in [2.05, 4.69) is 10.0 Å². The second-order valence-corrected chi connectivity index (χ2v) is 9.45. The molecule has 1 aromatic rings. The van der Waals surface area contributed by atoms with Crippen LogP contribution in [0, 0.1) is 5.41 Å². The number of rotatable bonds is 3. The molecule has 0 aliphatic carbocycles. The second-order valence-electron chi connectivity index (χ2n) is 8.28. The Morgan fingerprint density at radius 3 is 2.52 bits per heavy atom. The number of piperidine rings is 1. The Labute approximate surface area is 162 Å². The summed E-state index contributed by atoms with van der Waals surface area (Å²) < 4.78 is 5.42. The summed E-state index contributed by atoms with van der Waals surface area (Å²) in [4.78, 5) is 32.7. The normalized spacial score (nSPS) is 18.6. The number of hydrogen-bond donors (Lipinski definition) is 0. The molecule has 0 N–H and O–H groups in total. The number of ether oxygens (including phenoxy) is 1. The van der Waals surface area contributed by atoms with Crippen LogP contribution in [0.25, 0.3) is 10.4 Å². The van der Waals surface area contributed by atoms with Gasteiger partial charge in [-0.05, 0) is 51.3 Å². The van der Waals surface area contributed by atoms with E-state index in [1.807, 2.05) is 31.7 Å². The Kier molecular flexibility index (Phi) is 5.35. The van der Waals surface area contributed by atoms with Crippen molar-refractivity contribution in [2.75, 3.05) is 26.2 Å². The fraction of sp³-hybridized carbons (Fsp3) is 0.667. The summed E-state index contributed by atoms with van der Waals surface area (Å²) in [6.45, 7) is 8.69. The molecule has 3 rings (SSSR count). The SMILES string of the molecule is CC(C)(C)OC(=O)N1CC2(CCN(C(=O)c3ccc(CN=[N+]=[N-])s3)CC2)C1. The van der Waals surface area contributed by atoms with Gasteiger partial charge < -0.3 is 14.5 Å². The largest absolute Gasteiger partial charge is 0.444 e. The first kappa shape index (κ1) is 19.5. The van der Waals surface area contributed by atoms with Gasteiger partial charge in [-0.2, -0.15) is 0 Å². The number of azide groups is 1. The monoisotopic (exact) mass is 391 g/mol. The Bertz CT molecular complexity index is 762. The quantitative estimate of drug-likeness (QED) is 0.442. The van der Waals surface area contributed by atoms with Gasteiger partial charge in [0.25, 0.3) is 5.91 Å². The first-order chi connectivity index (χ1) is 12.7. The van der Waals surface area contributed by atoms with Crippen molar-refractivity contribution < 1.29 is 14.3 Å². The lowest BCUT2D eigenvalue weighted by molar-refractivity contribution is -0.0563. The van der Waals surface area contributed by atoms with Crippen molar-refractivity contribution in [3.05, 3.63) is 32.3 Å². The van der Waals surface area contributed by atoms with Gasteiger partial charge in [0.05, 0.1) is 11.4 Å². The fourth-order valence-electron chi connectivity index (χ4n) is 3.55. The van der Waals surface area contributed by atoms with Crippen LogP contribution in [0.2, 0.25) is 0 Å². The number of amides is 2. The molecule has 2 saturated heterocycles. The maximum atomic E-state index is 12.7. The average Bonchev–Trinajstić information content (AvgIpc) is 3.04. The highest BCUT2D eigenvalue weighted by atomic mass is 32.1. The molecule has 9 heteroatoms. The average molecular weight is 391 g/mol. The predicted octanol–water partition coefficient (Wildman–Crippen LogP) is 4.03. The number of likely N-dealkylation sites (tertiary alicyclic amines) is 2. The van der Waals surface area contributed by atoms with E-state index in [9.17, 15) is 9.59 Å². The van der Waals surface area contributed by atoms with E-state index < -0.39 is 5.60 Å².